The zero-order valence-corrected chi connectivity index (χ0v) is 20.6. The third-order valence-electron chi connectivity index (χ3n) is 10.6. The van der Waals surface area contributed by atoms with Crippen LogP contribution in [-0.2, 0) is 0 Å². The molecule has 0 saturated heterocycles. The van der Waals surface area contributed by atoms with Gasteiger partial charge in [0.2, 0.25) is 0 Å². The zero-order valence-electron chi connectivity index (χ0n) is 20.6. The SMILES string of the molecule is C[C@H](C(O)CCC(C)(C)C)[C@H]1CC[C@H]2[C@@H]3CC=C4C[C@@H](O)CC[C@]4(C)[C@H]3CC[C@]12C. The average molecular weight is 417 g/mol. The van der Waals surface area contributed by atoms with E-state index in [2.05, 4.69) is 47.6 Å². The molecule has 4 aliphatic rings. The van der Waals surface area contributed by atoms with Crippen molar-refractivity contribution in [2.45, 2.75) is 118 Å². The lowest BCUT2D eigenvalue weighted by Gasteiger charge is -2.58. The molecule has 0 aromatic carbocycles. The zero-order chi connectivity index (χ0) is 21.9. The van der Waals surface area contributed by atoms with Crippen molar-refractivity contribution in [3.05, 3.63) is 11.6 Å². The number of fused-ring (bicyclic) bond motifs is 5. The van der Waals surface area contributed by atoms with Crippen LogP contribution < -0.4 is 0 Å². The van der Waals surface area contributed by atoms with E-state index < -0.39 is 0 Å². The van der Waals surface area contributed by atoms with Crippen molar-refractivity contribution >= 4 is 0 Å². The summed E-state index contributed by atoms with van der Waals surface area (Å²) in [6.45, 7) is 14.3. The van der Waals surface area contributed by atoms with Crippen molar-refractivity contribution in [1.29, 1.82) is 0 Å². The van der Waals surface area contributed by atoms with Gasteiger partial charge < -0.3 is 10.2 Å². The average Bonchev–Trinajstić information content (AvgIpc) is 3.02. The highest BCUT2D eigenvalue weighted by Gasteiger charge is 2.59. The van der Waals surface area contributed by atoms with E-state index in [0.717, 1.165) is 43.4 Å². The Morgan fingerprint density at radius 1 is 1.07 bits per heavy atom. The molecule has 0 radical (unpaired) electrons. The van der Waals surface area contributed by atoms with Crippen LogP contribution in [0.3, 0.4) is 0 Å². The summed E-state index contributed by atoms with van der Waals surface area (Å²) in [5.74, 6) is 3.53. The minimum atomic E-state index is -0.155. The fourth-order valence-electron chi connectivity index (χ4n) is 8.66. The molecule has 3 fully saturated rings. The summed E-state index contributed by atoms with van der Waals surface area (Å²) in [7, 11) is 0. The monoisotopic (exact) mass is 416 g/mol. The largest absolute Gasteiger partial charge is 0.393 e. The maximum Gasteiger partial charge on any atom is 0.0577 e. The highest BCUT2D eigenvalue weighted by Crippen LogP contribution is 2.67. The lowest BCUT2D eigenvalue weighted by Crippen LogP contribution is -2.51. The van der Waals surface area contributed by atoms with Crippen LogP contribution in [0.1, 0.15) is 106 Å². The van der Waals surface area contributed by atoms with Gasteiger partial charge in [-0.05, 0) is 110 Å². The maximum atomic E-state index is 11.1. The third kappa shape index (κ3) is 3.83. The van der Waals surface area contributed by atoms with E-state index >= 15 is 0 Å². The van der Waals surface area contributed by atoms with Crippen LogP contribution in [0.15, 0.2) is 11.6 Å². The molecule has 0 aliphatic heterocycles. The predicted octanol–water partition coefficient (Wildman–Crippen LogP) is 6.75. The Morgan fingerprint density at radius 2 is 1.80 bits per heavy atom. The van der Waals surface area contributed by atoms with Gasteiger partial charge in [-0.3, -0.25) is 0 Å². The molecule has 172 valence electrons. The van der Waals surface area contributed by atoms with E-state index in [0.29, 0.717) is 28.1 Å². The van der Waals surface area contributed by atoms with Crippen molar-refractivity contribution in [2.24, 2.45) is 45.8 Å². The van der Waals surface area contributed by atoms with Crippen molar-refractivity contribution in [3.63, 3.8) is 0 Å². The topological polar surface area (TPSA) is 40.5 Å². The van der Waals surface area contributed by atoms with E-state index in [4.69, 9.17) is 0 Å². The van der Waals surface area contributed by atoms with Gasteiger partial charge in [0.25, 0.3) is 0 Å². The van der Waals surface area contributed by atoms with Gasteiger partial charge in [-0.2, -0.15) is 0 Å². The fourth-order valence-corrected chi connectivity index (χ4v) is 8.66. The maximum absolute atomic E-state index is 11.1. The molecule has 9 atom stereocenters. The van der Waals surface area contributed by atoms with Gasteiger partial charge in [0, 0.05) is 0 Å². The Labute approximate surface area is 185 Å². The van der Waals surface area contributed by atoms with Gasteiger partial charge in [0.15, 0.2) is 0 Å². The molecule has 0 heterocycles. The van der Waals surface area contributed by atoms with Gasteiger partial charge in [0.05, 0.1) is 12.2 Å². The first kappa shape index (κ1) is 22.8. The minimum absolute atomic E-state index is 0.110. The normalized spacial score (nSPS) is 45.7. The van der Waals surface area contributed by atoms with E-state index in [1.807, 2.05) is 0 Å². The third-order valence-corrected chi connectivity index (χ3v) is 10.6. The highest BCUT2D eigenvalue weighted by atomic mass is 16.3. The molecule has 0 amide bonds. The van der Waals surface area contributed by atoms with Crippen LogP contribution in [0.25, 0.3) is 0 Å². The lowest BCUT2D eigenvalue weighted by atomic mass is 9.47. The van der Waals surface area contributed by atoms with Crippen molar-refractivity contribution in [1.82, 2.24) is 0 Å². The quantitative estimate of drug-likeness (QED) is 0.498. The molecule has 0 aromatic heterocycles. The van der Waals surface area contributed by atoms with Gasteiger partial charge in [-0.15, -0.1) is 0 Å². The van der Waals surface area contributed by atoms with E-state index in [-0.39, 0.29) is 12.2 Å². The minimum Gasteiger partial charge on any atom is -0.393 e. The Balaban J connectivity index is 1.50. The number of rotatable bonds is 4. The Hall–Kier alpha value is -0.340. The van der Waals surface area contributed by atoms with Crippen LogP contribution in [0.4, 0.5) is 0 Å². The fraction of sp³-hybridized carbons (Fsp3) is 0.929. The second-order valence-corrected chi connectivity index (χ2v) is 13.4. The highest BCUT2D eigenvalue weighted by molar-refractivity contribution is 5.25. The molecular formula is C28H48O2. The number of hydrogen-bond donors (Lipinski definition) is 2. The van der Waals surface area contributed by atoms with E-state index in [9.17, 15) is 10.2 Å². The Morgan fingerprint density at radius 3 is 2.50 bits per heavy atom. The molecule has 3 saturated carbocycles. The second-order valence-electron chi connectivity index (χ2n) is 13.4. The summed E-state index contributed by atoms with van der Waals surface area (Å²) < 4.78 is 0. The van der Waals surface area contributed by atoms with Crippen LogP contribution >= 0.6 is 0 Å². The lowest BCUT2D eigenvalue weighted by molar-refractivity contribution is -0.0684. The van der Waals surface area contributed by atoms with Crippen molar-refractivity contribution in [2.75, 3.05) is 0 Å². The predicted molar refractivity (Wildman–Crippen MR) is 125 cm³/mol. The number of allylic oxidation sites excluding steroid dienone is 1. The number of aliphatic hydroxyl groups excluding tert-OH is 2. The number of hydrogen-bond acceptors (Lipinski definition) is 2. The van der Waals surface area contributed by atoms with Crippen LogP contribution in [0.5, 0.6) is 0 Å². The summed E-state index contributed by atoms with van der Waals surface area (Å²) in [5.41, 5.74) is 2.61. The summed E-state index contributed by atoms with van der Waals surface area (Å²) >= 11 is 0. The first-order chi connectivity index (χ1) is 14.0. The van der Waals surface area contributed by atoms with Crippen molar-refractivity contribution < 1.29 is 10.2 Å². The molecule has 0 spiro atoms. The van der Waals surface area contributed by atoms with Crippen LogP contribution in [0.2, 0.25) is 0 Å². The van der Waals surface area contributed by atoms with Gasteiger partial charge in [0.1, 0.15) is 0 Å². The van der Waals surface area contributed by atoms with E-state index in [1.165, 1.54) is 38.5 Å². The molecule has 0 aromatic rings. The van der Waals surface area contributed by atoms with Gasteiger partial charge >= 0.3 is 0 Å². The summed E-state index contributed by atoms with van der Waals surface area (Å²) in [6, 6.07) is 0. The molecule has 0 bridgehead atoms. The smallest absolute Gasteiger partial charge is 0.0577 e. The Bertz CT molecular complexity index is 660. The molecule has 2 heteroatoms. The molecule has 30 heavy (non-hydrogen) atoms. The summed E-state index contributed by atoms with van der Waals surface area (Å²) in [5, 5.41) is 21.3. The van der Waals surface area contributed by atoms with E-state index in [1.54, 1.807) is 5.57 Å². The molecule has 2 N–H and O–H groups in total. The standard InChI is InChI=1S/C28H48O2/c1-18(25(30)13-14-26(2,3)4)22-9-10-23-21-8-7-19-17-20(29)11-15-27(19,5)24(21)12-16-28(22,23)6/h7,18,20-25,29-30H,8-17H2,1-6H3/t18-,20-,21-,22+,23-,24-,25?,27-,28+/m0/s1. The summed E-state index contributed by atoms with van der Waals surface area (Å²) in [4.78, 5) is 0. The van der Waals surface area contributed by atoms with Gasteiger partial charge in [-0.25, -0.2) is 0 Å². The first-order valence-corrected chi connectivity index (χ1v) is 13.0. The summed E-state index contributed by atoms with van der Waals surface area (Å²) in [6.07, 6.45) is 14.0. The van der Waals surface area contributed by atoms with Crippen LogP contribution in [0, 0.1) is 45.8 Å². The van der Waals surface area contributed by atoms with Crippen LogP contribution in [-0.4, -0.2) is 22.4 Å². The molecular weight excluding hydrogens is 368 g/mol. The first-order valence-electron chi connectivity index (χ1n) is 13.0. The molecule has 4 aliphatic carbocycles. The molecule has 2 nitrogen and oxygen atoms in total. The second kappa shape index (κ2) is 7.91. The van der Waals surface area contributed by atoms with Crippen molar-refractivity contribution in [3.8, 4) is 0 Å². The Kier molecular flexibility index (Phi) is 6.02. The molecule has 1 unspecified atom stereocenters. The van der Waals surface area contributed by atoms with Gasteiger partial charge in [-0.1, -0.05) is 53.2 Å². The number of aliphatic hydroxyl groups is 2. The molecule has 4 rings (SSSR count).